The average Bonchev–Trinajstić information content (AvgIpc) is 2.67. The SMILES string of the molecule is NCc1cnc(C2CCCNC2)s1. The van der Waals surface area contributed by atoms with E-state index >= 15 is 0 Å². The molecule has 0 aliphatic carbocycles. The minimum Gasteiger partial charge on any atom is -0.326 e. The standard InChI is InChI=1S/C9H15N3S/c10-4-8-6-12-9(13-8)7-2-1-3-11-5-7/h6-7,11H,1-5,10H2. The second-order valence-corrected chi connectivity index (χ2v) is 4.56. The lowest BCUT2D eigenvalue weighted by molar-refractivity contribution is 0.460. The zero-order valence-corrected chi connectivity index (χ0v) is 8.44. The number of nitrogens with two attached hydrogens (primary N) is 1. The van der Waals surface area contributed by atoms with Gasteiger partial charge < -0.3 is 11.1 Å². The molecule has 1 atom stereocenters. The van der Waals surface area contributed by atoms with Crippen LogP contribution in [0, 0.1) is 0 Å². The fourth-order valence-electron chi connectivity index (χ4n) is 1.67. The van der Waals surface area contributed by atoms with E-state index in [2.05, 4.69) is 10.3 Å². The van der Waals surface area contributed by atoms with Gasteiger partial charge in [-0.25, -0.2) is 4.98 Å². The molecule has 0 spiro atoms. The first-order valence-corrected chi connectivity index (χ1v) is 5.57. The molecule has 1 aliphatic rings. The zero-order valence-electron chi connectivity index (χ0n) is 7.62. The highest BCUT2D eigenvalue weighted by atomic mass is 32.1. The molecule has 2 heterocycles. The third kappa shape index (κ3) is 2.07. The van der Waals surface area contributed by atoms with E-state index in [0.717, 1.165) is 13.1 Å². The van der Waals surface area contributed by atoms with Gasteiger partial charge in [0.2, 0.25) is 0 Å². The third-order valence-electron chi connectivity index (χ3n) is 2.42. The van der Waals surface area contributed by atoms with Gasteiger partial charge in [0, 0.05) is 30.1 Å². The van der Waals surface area contributed by atoms with Gasteiger partial charge in [-0.1, -0.05) is 0 Å². The van der Waals surface area contributed by atoms with Crippen molar-refractivity contribution >= 4 is 11.3 Å². The summed E-state index contributed by atoms with van der Waals surface area (Å²) in [5.74, 6) is 0.624. The first kappa shape index (κ1) is 9.12. The molecule has 0 aromatic carbocycles. The van der Waals surface area contributed by atoms with Crippen molar-refractivity contribution in [1.29, 1.82) is 0 Å². The van der Waals surface area contributed by atoms with Gasteiger partial charge in [0.05, 0.1) is 5.01 Å². The van der Waals surface area contributed by atoms with E-state index in [-0.39, 0.29) is 0 Å². The van der Waals surface area contributed by atoms with Gasteiger partial charge in [-0.15, -0.1) is 11.3 Å². The van der Waals surface area contributed by atoms with Crippen LogP contribution in [0.15, 0.2) is 6.20 Å². The fourth-order valence-corrected chi connectivity index (χ4v) is 2.60. The monoisotopic (exact) mass is 197 g/mol. The number of nitrogens with zero attached hydrogens (tertiary/aromatic N) is 1. The van der Waals surface area contributed by atoms with Crippen LogP contribution in [0.1, 0.15) is 28.6 Å². The lowest BCUT2D eigenvalue weighted by atomic mass is 10.0. The van der Waals surface area contributed by atoms with Crippen LogP contribution in [0.25, 0.3) is 0 Å². The molecule has 4 heteroatoms. The Morgan fingerprint density at radius 2 is 2.62 bits per heavy atom. The van der Waals surface area contributed by atoms with Crippen LogP contribution >= 0.6 is 11.3 Å². The van der Waals surface area contributed by atoms with Gasteiger partial charge in [0.1, 0.15) is 0 Å². The Bertz CT molecular complexity index is 266. The lowest BCUT2D eigenvalue weighted by Crippen LogP contribution is -2.28. The lowest BCUT2D eigenvalue weighted by Gasteiger charge is -2.20. The van der Waals surface area contributed by atoms with Gasteiger partial charge in [0.15, 0.2) is 0 Å². The highest BCUT2D eigenvalue weighted by Gasteiger charge is 2.17. The van der Waals surface area contributed by atoms with E-state index in [1.165, 1.54) is 22.7 Å². The largest absolute Gasteiger partial charge is 0.326 e. The summed E-state index contributed by atoms with van der Waals surface area (Å²) < 4.78 is 0. The van der Waals surface area contributed by atoms with Crippen molar-refractivity contribution in [2.75, 3.05) is 13.1 Å². The van der Waals surface area contributed by atoms with Gasteiger partial charge in [-0.05, 0) is 19.4 Å². The minimum atomic E-state index is 0.623. The van der Waals surface area contributed by atoms with Gasteiger partial charge in [0.25, 0.3) is 0 Å². The molecule has 13 heavy (non-hydrogen) atoms. The summed E-state index contributed by atoms with van der Waals surface area (Å²) in [6.07, 6.45) is 4.45. The number of piperidine rings is 1. The van der Waals surface area contributed by atoms with Crippen LogP contribution < -0.4 is 11.1 Å². The van der Waals surface area contributed by atoms with Crippen molar-refractivity contribution in [2.45, 2.75) is 25.3 Å². The number of nitrogens with one attached hydrogen (secondary N) is 1. The second-order valence-electron chi connectivity index (χ2n) is 3.41. The van der Waals surface area contributed by atoms with E-state index in [1.54, 1.807) is 11.3 Å². The summed E-state index contributed by atoms with van der Waals surface area (Å²) in [7, 11) is 0. The summed E-state index contributed by atoms with van der Waals surface area (Å²) in [4.78, 5) is 5.60. The normalized spacial score (nSPS) is 23.3. The summed E-state index contributed by atoms with van der Waals surface area (Å²) in [5, 5.41) is 4.65. The van der Waals surface area contributed by atoms with Crippen LogP contribution in [0.5, 0.6) is 0 Å². The summed E-state index contributed by atoms with van der Waals surface area (Å²) in [5.41, 5.74) is 5.55. The Labute approximate surface area is 82.4 Å². The Morgan fingerprint density at radius 3 is 3.23 bits per heavy atom. The van der Waals surface area contributed by atoms with Crippen molar-refractivity contribution in [3.63, 3.8) is 0 Å². The van der Waals surface area contributed by atoms with E-state index in [4.69, 9.17) is 5.73 Å². The van der Waals surface area contributed by atoms with Crippen molar-refractivity contribution in [3.8, 4) is 0 Å². The number of aromatic nitrogens is 1. The highest BCUT2D eigenvalue weighted by molar-refractivity contribution is 7.11. The molecule has 0 saturated carbocycles. The summed E-state index contributed by atoms with van der Waals surface area (Å²) >= 11 is 1.76. The zero-order chi connectivity index (χ0) is 9.10. The Morgan fingerprint density at radius 1 is 1.69 bits per heavy atom. The first-order valence-electron chi connectivity index (χ1n) is 4.75. The molecule has 0 radical (unpaired) electrons. The second kappa shape index (κ2) is 4.17. The smallest absolute Gasteiger partial charge is 0.0971 e. The van der Waals surface area contributed by atoms with Crippen molar-refractivity contribution < 1.29 is 0 Å². The van der Waals surface area contributed by atoms with Gasteiger partial charge >= 0.3 is 0 Å². The van der Waals surface area contributed by atoms with Gasteiger partial charge in [-0.3, -0.25) is 0 Å². The Kier molecular flexibility index (Phi) is 2.93. The molecular weight excluding hydrogens is 182 g/mol. The Hall–Kier alpha value is -0.450. The first-order chi connectivity index (χ1) is 6.40. The molecule has 3 nitrogen and oxygen atoms in total. The number of thiazole rings is 1. The molecule has 0 amide bonds. The summed E-state index contributed by atoms with van der Waals surface area (Å²) in [6, 6.07) is 0. The van der Waals surface area contributed by atoms with E-state index in [1.807, 2.05) is 6.20 Å². The minimum absolute atomic E-state index is 0.623. The van der Waals surface area contributed by atoms with Crippen LogP contribution in [0.4, 0.5) is 0 Å². The average molecular weight is 197 g/mol. The molecule has 72 valence electrons. The maximum absolute atomic E-state index is 5.55. The van der Waals surface area contributed by atoms with Crippen molar-refractivity contribution in [3.05, 3.63) is 16.1 Å². The molecule has 1 fully saturated rings. The molecule has 1 saturated heterocycles. The van der Waals surface area contributed by atoms with Crippen LogP contribution in [-0.2, 0) is 6.54 Å². The molecular formula is C9H15N3S. The quantitative estimate of drug-likeness (QED) is 0.745. The third-order valence-corrected chi connectivity index (χ3v) is 3.60. The maximum Gasteiger partial charge on any atom is 0.0971 e. The van der Waals surface area contributed by atoms with Crippen molar-refractivity contribution in [1.82, 2.24) is 10.3 Å². The van der Waals surface area contributed by atoms with Crippen LogP contribution in [0.3, 0.4) is 0 Å². The Balaban J connectivity index is 2.05. The van der Waals surface area contributed by atoms with E-state index in [0.29, 0.717) is 12.5 Å². The number of hydrogen-bond acceptors (Lipinski definition) is 4. The van der Waals surface area contributed by atoms with Crippen LogP contribution in [-0.4, -0.2) is 18.1 Å². The summed E-state index contributed by atoms with van der Waals surface area (Å²) in [6.45, 7) is 2.86. The maximum atomic E-state index is 5.55. The molecule has 1 aromatic rings. The molecule has 2 rings (SSSR count). The number of rotatable bonds is 2. The van der Waals surface area contributed by atoms with E-state index < -0.39 is 0 Å². The topological polar surface area (TPSA) is 50.9 Å². The predicted molar refractivity (Wildman–Crippen MR) is 54.9 cm³/mol. The molecule has 0 bridgehead atoms. The van der Waals surface area contributed by atoms with Crippen LogP contribution in [0.2, 0.25) is 0 Å². The molecule has 1 unspecified atom stereocenters. The van der Waals surface area contributed by atoms with E-state index in [9.17, 15) is 0 Å². The molecule has 3 N–H and O–H groups in total. The number of hydrogen-bond donors (Lipinski definition) is 2. The highest BCUT2D eigenvalue weighted by Crippen LogP contribution is 2.26. The van der Waals surface area contributed by atoms with Gasteiger partial charge in [-0.2, -0.15) is 0 Å². The fraction of sp³-hybridized carbons (Fsp3) is 0.667. The van der Waals surface area contributed by atoms with Crippen molar-refractivity contribution in [2.24, 2.45) is 5.73 Å². The predicted octanol–water partition coefficient (Wildman–Crippen LogP) is 1.07. The molecule has 1 aliphatic heterocycles. The molecule has 1 aromatic heterocycles.